The fourth-order valence-corrected chi connectivity index (χ4v) is 12.0. The normalized spacial score (nSPS) is 13.8. The molecule has 8 nitrogen and oxygen atoms in total. The first-order valence-corrected chi connectivity index (χ1v) is 30.5. The summed E-state index contributed by atoms with van der Waals surface area (Å²) in [5.74, 6) is 1.26. The van der Waals surface area contributed by atoms with Crippen molar-refractivity contribution in [3.05, 3.63) is 115 Å². The van der Waals surface area contributed by atoms with Crippen molar-refractivity contribution in [1.29, 1.82) is 0 Å². The van der Waals surface area contributed by atoms with Crippen LogP contribution in [0, 0.1) is 0 Å². The topological polar surface area (TPSA) is 122 Å². The van der Waals surface area contributed by atoms with Crippen molar-refractivity contribution < 1.29 is 30.0 Å². The summed E-state index contributed by atoms with van der Waals surface area (Å²) in [5, 5.41) is 46.9. The van der Waals surface area contributed by atoms with Crippen LogP contribution in [0.15, 0.2) is 48.5 Å². The molecule has 0 bridgehead atoms. The van der Waals surface area contributed by atoms with Crippen LogP contribution in [0.1, 0.15) is 279 Å². The summed E-state index contributed by atoms with van der Waals surface area (Å²) in [6, 6.07) is 16.4. The van der Waals surface area contributed by atoms with Gasteiger partial charge in [-0.1, -0.05) is 215 Å². The Labute approximate surface area is 494 Å². The summed E-state index contributed by atoms with van der Waals surface area (Å²) in [6.45, 7) is 57.0. The molecule has 0 heterocycles. The standard InChI is InChI=1S/C73H114N2O6/c1-45(75(47(3)77)53(34-30-50-40-58(70(16,17)18)64(80)59(41-50)71(19,20)21)35-31-51-42-60(72(22,23)24)65(81)61(43-51)73(25,26)27)44-74(46(2)76)52(32-28-48-36-54(66(4,5)6)62(78)55(37-48)67(7,8)9)33-29-49-38-56(68(10,11)12)63(79)57(39-49)69(13,14)15/h36-43,45,52-53,78-81H,28-35,44H2,1-27H3. The maximum atomic E-state index is 14.6. The van der Waals surface area contributed by atoms with E-state index >= 15 is 0 Å². The highest BCUT2D eigenvalue weighted by Crippen LogP contribution is 2.45. The molecule has 4 N–H and O–H groups in total. The third kappa shape index (κ3) is 17.5. The van der Waals surface area contributed by atoms with E-state index in [1.165, 1.54) is 0 Å². The molecule has 81 heavy (non-hydrogen) atoms. The number of aryl methyl sites for hydroxylation is 4. The van der Waals surface area contributed by atoms with Crippen LogP contribution in [0.25, 0.3) is 0 Å². The van der Waals surface area contributed by atoms with Crippen LogP contribution in [-0.2, 0) is 78.6 Å². The Hall–Kier alpha value is -4.98. The summed E-state index contributed by atoms with van der Waals surface area (Å²) < 4.78 is 0. The molecular formula is C73H114N2O6. The molecule has 452 valence electrons. The lowest BCUT2D eigenvalue weighted by Gasteiger charge is -2.41. The highest BCUT2D eigenvalue weighted by molar-refractivity contribution is 5.75. The molecule has 1 unspecified atom stereocenters. The zero-order chi connectivity index (χ0) is 62.3. The molecular weight excluding hydrogens is 1000 g/mol. The lowest BCUT2D eigenvalue weighted by molar-refractivity contribution is -0.139. The lowest BCUT2D eigenvalue weighted by atomic mass is 9.77. The number of aromatic hydroxyl groups is 4. The van der Waals surface area contributed by atoms with Gasteiger partial charge in [0.2, 0.25) is 11.8 Å². The number of carbonyl (C=O) groups excluding carboxylic acids is 2. The highest BCUT2D eigenvalue weighted by atomic mass is 16.3. The summed E-state index contributed by atoms with van der Waals surface area (Å²) in [7, 11) is 0. The van der Waals surface area contributed by atoms with Crippen molar-refractivity contribution in [1.82, 2.24) is 9.80 Å². The summed E-state index contributed by atoms with van der Waals surface area (Å²) in [4.78, 5) is 33.3. The van der Waals surface area contributed by atoms with Crippen LogP contribution in [0.3, 0.4) is 0 Å². The van der Waals surface area contributed by atoms with E-state index in [0.29, 0.717) is 80.9 Å². The zero-order valence-electron chi connectivity index (χ0n) is 56.2. The van der Waals surface area contributed by atoms with E-state index in [0.717, 1.165) is 66.8 Å². The van der Waals surface area contributed by atoms with E-state index in [9.17, 15) is 30.0 Å². The first kappa shape index (κ1) is 68.5. The van der Waals surface area contributed by atoms with Crippen LogP contribution < -0.4 is 0 Å². The first-order valence-electron chi connectivity index (χ1n) is 30.5. The predicted molar refractivity (Wildman–Crippen MR) is 342 cm³/mol. The van der Waals surface area contributed by atoms with Crippen molar-refractivity contribution in [2.75, 3.05) is 6.54 Å². The maximum absolute atomic E-state index is 14.6. The molecule has 0 saturated carbocycles. The number of benzene rings is 4. The number of carbonyl (C=O) groups is 2. The lowest BCUT2D eigenvalue weighted by Crippen LogP contribution is -2.53. The molecule has 0 aliphatic rings. The molecule has 0 aliphatic carbocycles. The number of amides is 2. The second kappa shape index (κ2) is 24.7. The number of rotatable bonds is 17. The summed E-state index contributed by atoms with van der Waals surface area (Å²) >= 11 is 0. The molecule has 4 rings (SSSR count). The third-order valence-corrected chi connectivity index (χ3v) is 16.7. The first-order chi connectivity index (χ1) is 36.5. The van der Waals surface area contributed by atoms with E-state index in [4.69, 9.17) is 0 Å². The second-order valence-corrected chi connectivity index (χ2v) is 32.6. The van der Waals surface area contributed by atoms with Crippen molar-refractivity contribution in [2.24, 2.45) is 0 Å². The molecule has 0 aromatic heterocycles. The quantitative estimate of drug-likeness (QED) is 0.0836. The van der Waals surface area contributed by atoms with Crippen molar-refractivity contribution in [3.63, 3.8) is 0 Å². The van der Waals surface area contributed by atoms with Gasteiger partial charge in [0.15, 0.2) is 0 Å². The number of hydrogen-bond acceptors (Lipinski definition) is 6. The third-order valence-electron chi connectivity index (χ3n) is 16.7. The number of hydrogen-bond donors (Lipinski definition) is 4. The second-order valence-electron chi connectivity index (χ2n) is 32.6. The van der Waals surface area contributed by atoms with Crippen LogP contribution >= 0.6 is 0 Å². The molecule has 1 atom stereocenters. The van der Waals surface area contributed by atoms with Gasteiger partial charge in [0, 0.05) is 38.5 Å². The number of nitrogens with zero attached hydrogens (tertiary/aromatic N) is 2. The number of phenols is 4. The van der Waals surface area contributed by atoms with Gasteiger partial charge in [0.05, 0.1) is 0 Å². The molecule has 4 aromatic carbocycles. The van der Waals surface area contributed by atoms with Crippen LogP contribution in [0.4, 0.5) is 0 Å². The van der Waals surface area contributed by atoms with Gasteiger partial charge in [-0.15, -0.1) is 0 Å². The molecule has 0 fully saturated rings. The van der Waals surface area contributed by atoms with E-state index in [2.05, 4.69) is 227 Å². The van der Waals surface area contributed by atoms with Crippen molar-refractivity contribution in [2.45, 2.75) is 300 Å². The summed E-state index contributed by atoms with van der Waals surface area (Å²) in [6.07, 6.45) is 5.30. The zero-order valence-corrected chi connectivity index (χ0v) is 56.2. The molecule has 2 amide bonds. The van der Waals surface area contributed by atoms with Crippen LogP contribution in [0.5, 0.6) is 23.0 Å². The van der Waals surface area contributed by atoms with Gasteiger partial charge in [-0.2, -0.15) is 0 Å². The van der Waals surface area contributed by atoms with E-state index < -0.39 is 0 Å². The monoisotopic (exact) mass is 1110 g/mol. The Balaban J connectivity index is 1.93. The van der Waals surface area contributed by atoms with E-state index in [-0.39, 0.29) is 73.3 Å². The Morgan fingerprint density at radius 2 is 0.531 bits per heavy atom. The molecule has 8 heteroatoms. The van der Waals surface area contributed by atoms with E-state index in [1.807, 2.05) is 4.90 Å². The minimum absolute atomic E-state index is 0.0532. The Morgan fingerprint density at radius 1 is 0.346 bits per heavy atom. The van der Waals surface area contributed by atoms with Gasteiger partial charge in [-0.3, -0.25) is 9.59 Å². The van der Waals surface area contributed by atoms with Gasteiger partial charge >= 0.3 is 0 Å². The van der Waals surface area contributed by atoms with Crippen molar-refractivity contribution in [3.8, 4) is 23.0 Å². The van der Waals surface area contributed by atoms with Gasteiger partial charge < -0.3 is 30.2 Å². The molecule has 0 spiro atoms. The van der Waals surface area contributed by atoms with E-state index in [1.54, 1.807) is 13.8 Å². The number of phenolic OH excluding ortho intramolecular Hbond substituents is 4. The average molecular weight is 1120 g/mol. The van der Waals surface area contributed by atoms with Crippen LogP contribution in [-0.4, -0.2) is 66.7 Å². The minimum atomic E-state index is -0.369. The predicted octanol–water partition coefficient (Wildman–Crippen LogP) is 17.5. The minimum Gasteiger partial charge on any atom is -0.507 e. The molecule has 4 aromatic rings. The molecule has 0 radical (unpaired) electrons. The van der Waals surface area contributed by atoms with Gasteiger partial charge in [0.25, 0.3) is 0 Å². The molecule has 0 saturated heterocycles. The molecule has 0 aliphatic heterocycles. The van der Waals surface area contributed by atoms with Crippen molar-refractivity contribution >= 4 is 11.8 Å². The Bertz CT molecular complexity index is 2540. The Kier molecular flexibility index (Phi) is 20.9. The fourth-order valence-electron chi connectivity index (χ4n) is 12.0. The smallest absolute Gasteiger partial charge is 0.219 e. The Morgan fingerprint density at radius 3 is 0.691 bits per heavy atom. The maximum Gasteiger partial charge on any atom is 0.219 e. The SMILES string of the molecule is CC(=O)N(CC(C)N(C(C)=O)C(CCc1cc(C(C)(C)C)c(O)c(C(C)(C)C)c1)CCc1cc(C(C)(C)C)c(O)c(C(C)(C)C)c1)C(CCc1cc(C(C)(C)C)c(O)c(C(C)(C)C)c1)CCc1cc(C(C)(C)C)c(O)c(C(C)(C)C)c1. The van der Waals surface area contributed by atoms with Gasteiger partial charge in [0.1, 0.15) is 23.0 Å². The fraction of sp³-hybridized carbons (Fsp3) is 0.644. The van der Waals surface area contributed by atoms with Crippen LogP contribution in [0.2, 0.25) is 0 Å². The largest absolute Gasteiger partial charge is 0.507 e. The highest BCUT2D eigenvalue weighted by Gasteiger charge is 2.35. The average Bonchev–Trinajstić information content (AvgIpc) is 3.27. The summed E-state index contributed by atoms with van der Waals surface area (Å²) in [5.41, 5.74) is 9.24. The van der Waals surface area contributed by atoms with Gasteiger partial charge in [-0.25, -0.2) is 0 Å². The van der Waals surface area contributed by atoms with Gasteiger partial charge in [-0.05, 0) is 168 Å².